The number of hydrogen-bond donors (Lipinski definition) is 3. The van der Waals surface area contributed by atoms with Crippen molar-refractivity contribution < 1.29 is 33.0 Å². The van der Waals surface area contributed by atoms with Crippen molar-refractivity contribution in [2.24, 2.45) is 17.6 Å². The van der Waals surface area contributed by atoms with Crippen molar-refractivity contribution in [1.29, 1.82) is 0 Å². The molecule has 1 aliphatic heterocycles. The Bertz CT molecular complexity index is 1640. The van der Waals surface area contributed by atoms with Crippen molar-refractivity contribution in [3.63, 3.8) is 0 Å². The van der Waals surface area contributed by atoms with E-state index in [1.54, 1.807) is 18.4 Å². The van der Waals surface area contributed by atoms with Gasteiger partial charge in [0.15, 0.2) is 0 Å². The number of carbonyl (C=O) groups excluding carboxylic acids is 4. The molecule has 2 aromatic rings. The third kappa shape index (κ3) is 12.3. The van der Waals surface area contributed by atoms with Gasteiger partial charge in [-0.15, -0.1) is 11.3 Å². The molecule has 318 valence electrons. The Morgan fingerprint density at radius 3 is 2.51 bits per heavy atom. The molecule has 4 N–H and O–H groups in total. The van der Waals surface area contributed by atoms with Crippen LogP contribution in [0.2, 0.25) is 0 Å². The third-order valence-electron chi connectivity index (χ3n) is 11.5. The lowest BCUT2D eigenvalue weighted by Gasteiger charge is -2.40. The number of esters is 1. The summed E-state index contributed by atoms with van der Waals surface area (Å²) in [5, 5.41) is 8.60. The molecule has 2 unspecified atom stereocenters. The summed E-state index contributed by atoms with van der Waals surface area (Å²) in [5.74, 6) is -2.27. The number of benzene rings is 1. The summed E-state index contributed by atoms with van der Waals surface area (Å²) < 4.78 is 26.3. The number of amides is 3. The van der Waals surface area contributed by atoms with Gasteiger partial charge in [-0.2, -0.15) is 0 Å². The number of likely N-dealkylation sites (N-methyl/N-ethyl adjacent to an activating group) is 1. The van der Waals surface area contributed by atoms with Gasteiger partial charge in [0.05, 0.1) is 12.0 Å². The maximum atomic E-state index is 14.7. The maximum Gasteiger partial charge on any atom is 0.313 e. The normalized spacial score (nSPS) is 21.1. The molecule has 1 fully saturated rings. The van der Waals surface area contributed by atoms with E-state index in [-0.39, 0.29) is 60.3 Å². The Morgan fingerprint density at radius 2 is 1.86 bits per heavy atom. The number of nitrogens with one attached hydrogen (secondary N) is 2. The fraction of sp³-hybridized carbons (Fsp3) is 0.698. The molecule has 1 saturated heterocycles. The lowest BCUT2D eigenvalue weighted by atomic mass is 9.80. The topological polar surface area (TPSA) is 156 Å². The summed E-state index contributed by atoms with van der Waals surface area (Å²) in [6.45, 7) is 16.1. The molecule has 2 heterocycles. The number of carbonyl (C=O) groups is 4. The summed E-state index contributed by atoms with van der Waals surface area (Å²) in [5.41, 5.74) is 7.25. The monoisotopic (exact) mass is 814 g/mol. The van der Waals surface area contributed by atoms with Crippen molar-refractivity contribution in [2.45, 2.75) is 149 Å². The number of halogens is 1. The molecule has 0 spiro atoms. The number of fused-ring (bicyclic) bond motifs is 1. The van der Waals surface area contributed by atoms with Gasteiger partial charge in [-0.3, -0.25) is 24.1 Å². The van der Waals surface area contributed by atoms with Gasteiger partial charge in [-0.25, -0.2) is 9.37 Å². The maximum absolute atomic E-state index is 14.7. The number of ether oxygens (including phenoxy) is 2. The van der Waals surface area contributed by atoms with E-state index in [4.69, 9.17) is 20.2 Å². The van der Waals surface area contributed by atoms with E-state index in [1.807, 2.05) is 32.7 Å². The van der Waals surface area contributed by atoms with Crippen molar-refractivity contribution in [2.75, 3.05) is 33.3 Å². The highest BCUT2D eigenvalue weighted by atomic mass is 32.1. The summed E-state index contributed by atoms with van der Waals surface area (Å²) in [6.07, 6.45) is 5.23. The molecule has 12 nitrogen and oxygen atoms in total. The largest absolute Gasteiger partial charge is 0.461 e. The molecule has 0 saturated carbocycles. The molecule has 14 heteroatoms. The predicted molar refractivity (Wildman–Crippen MR) is 221 cm³/mol. The van der Waals surface area contributed by atoms with Gasteiger partial charge in [0.1, 0.15) is 34.8 Å². The van der Waals surface area contributed by atoms with Crippen LogP contribution >= 0.6 is 11.3 Å². The Hall–Kier alpha value is -3.46. The number of piperidine rings is 1. The van der Waals surface area contributed by atoms with Gasteiger partial charge < -0.3 is 30.7 Å². The fourth-order valence-electron chi connectivity index (χ4n) is 7.97. The zero-order valence-electron chi connectivity index (χ0n) is 35.4. The van der Waals surface area contributed by atoms with E-state index in [1.165, 1.54) is 23.5 Å². The van der Waals surface area contributed by atoms with E-state index < -0.39 is 42.0 Å². The van der Waals surface area contributed by atoms with Crippen LogP contribution in [0, 0.1) is 17.7 Å². The van der Waals surface area contributed by atoms with Crippen LogP contribution in [0.4, 0.5) is 4.39 Å². The molecule has 1 aromatic carbocycles. The summed E-state index contributed by atoms with van der Waals surface area (Å²) in [6, 6.07) is 2.82. The lowest BCUT2D eigenvalue weighted by Crippen LogP contribution is -2.58. The molecular weight excluding hydrogens is 748 g/mol. The van der Waals surface area contributed by atoms with Crippen LogP contribution in [0.15, 0.2) is 23.6 Å². The second kappa shape index (κ2) is 22.1. The number of hydrogen-bond acceptors (Lipinski definition) is 10. The smallest absolute Gasteiger partial charge is 0.313 e. The van der Waals surface area contributed by atoms with Crippen LogP contribution in [0.1, 0.15) is 138 Å². The summed E-state index contributed by atoms with van der Waals surface area (Å²) in [7, 11) is 1.98. The van der Waals surface area contributed by atoms with Crippen LogP contribution in [0.25, 0.3) is 0 Å². The number of rotatable bonds is 20. The van der Waals surface area contributed by atoms with Crippen molar-refractivity contribution in [1.82, 2.24) is 25.4 Å². The number of likely N-dealkylation sites (tertiary alicyclic amines) is 1. The Kier molecular flexibility index (Phi) is 17.9. The van der Waals surface area contributed by atoms with Gasteiger partial charge in [0.25, 0.3) is 5.91 Å². The standard InChI is InChI=1S/C43H67FN6O6S/c1-9-17-50(42(53)38(27(6)11-3)48-40(52)35-14-12-13-18-49(35)8)36(26(4)5)23-37(55-19-10-2)41-47-34(25-57-41)39(51)46-31-20-29-15-16-30(44)21-32(29)33(22-31)43(54)56-28(7)24-45/h15-16,21,25-28,31,33,35-38H,9-14,17-20,22-24,45H2,1-8H3,(H,46,51)(H,48,52)/t27-,28?,31-,33+,35+,36?,37+,38-/m0/s1. The molecular formula is C43H67FN6O6S. The van der Waals surface area contributed by atoms with Crippen LogP contribution in [0.3, 0.4) is 0 Å². The molecule has 8 atom stereocenters. The minimum absolute atomic E-state index is 0.0591. The molecule has 1 aliphatic carbocycles. The van der Waals surface area contributed by atoms with Gasteiger partial charge >= 0.3 is 5.97 Å². The van der Waals surface area contributed by atoms with Gasteiger partial charge in [-0.1, -0.05) is 60.5 Å². The van der Waals surface area contributed by atoms with Gasteiger partial charge in [0, 0.05) is 43.6 Å². The molecule has 3 amide bonds. The van der Waals surface area contributed by atoms with Crippen LogP contribution in [-0.4, -0.2) is 102 Å². The molecule has 57 heavy (non-hydrogen) atoms. The number of aromatic nitrogens is 1. The second-order valence-electron chi connectivity index (χ2n) is 16.4. The van der Waals surface area contributed by atoms with E-state index in [0.717, 1.165) is 50.6 Å². The summed E-state index contributed by atoms with van der Waals surface area (Å²) >= 11 is 1.34. The molecule has 0 radical (unpaired) electrons. The fourth-order valence-corrected chi connectivity index (χ4v) is 8.83. The zero-order chi connectivity index (χ0) is 41.8. The highest BCUT2D eigenvalue weighted by Gasteiger charge is 2.39. The molecule has 2 aliphatic rings. The first-order valence-corrected chi connectivity index (χ1v) is 22.0. The SMILES string of the molecule is CCCO[C@H](CC(C(C)C)N(CCC)C(=O)[C@@H](NC(=O)[C@H]1CCCCN1C)[C@@H](C)CC)c1nc(C(=O)N[C@H]2Cc3ccc(F)cc3[C@H](C(=O)OC(C)CN)C2)cs1. The third-order valence-corrected chi connectivity index (χ3v) is 12.5. The molecule has 1 aromatic heterocycles. The first-order chi connectivity index (χ1) is 27.2. The van der Waals surface area contributed by atoms with E-state index in [9.17, 15) is 23.6 Å². The average molecular weight is 815 g/mol. The highest BCUT2D eigenvalue weighted by molar-refractivity contribution is 7.09. The first-order valence-electron chi connectivity index (χ1n) is 21.1. The minimum atomic E-state index is -0.759. The quantitative estimate of drug-likeness (QED) is 0.134. The van der Waals surface area contributed by atoms with Gasteiger partial charge in [-0.05, 0) is 94.1 Å². The predicted octanol–water partition coefficient (Wildman–Crippen LogP) is 6.14. The first kappa shape index (κ1) is 46.2. The highest BCUT2D eigenvalue weighted by Crippen LogP contribution is 2.35. The van der Waals surface area contributed by atoms with E-state index in [0.29, 0.717) is 36.6 Å². The van der Waals surface area contributed by atoms with Crippen molar-refractivity contribution >= 4 is 35.0 Å². The Morgan fingerprint density at radius 1 is 1.11 bits per heavy atom. The van der Waals surface area contributed by atoms with Crippen molar-refractivity contribution in [3.8, 4) is 0 Å². The molecule has 0 bridgehead atoms. The van der Waals surface area contributed by atoms with Gasteiger partial charge in [0.2, 0.25) is 11.8 Å². The molecule has 4 rings (SSSR count). The number of nitrogens with two attached hydrogens (primary N) is 1. The minimum Gasteiger partial charge on any atom is -0.461 e. The number of thiazole rings is 1. The lowest BCUT2D eigenvalue weighted by molar-refractivity contribution is -0.150. The average Bonchev–Trinajstić information content (AvgIpc) is 3.69. The van der Waals surface area contributed by atoms with Crippen LogP contribution in [-0.2, 0) is 30.3 Å². The number of nitrogens with zero attached hydrogens (tertiary/aromatic N) is 3. The van der Waals surface area contributed by atoms with Crippen LogP contribution < -0.4 is 16.4 Å². The Balaban J connectivity index is 1.54. The van der Waals surface area contributed by atoms with Crippen molar-refractivity contribution in [3.05, 3.63) is 51.2 Å². The zero-order valence-corrected chi connectivity index (χ0v) is 36.2. The second-order valence-corrected chi connectivity index (χ2v) is 17.3. The van der Waals surface area contributed by atoms with Crippen LogP contribution in [0.5, 0.6) is 0 Å². The van der Waals surface area contributed by atoms with E-state index >= 15 is 0 Å². The van der Waals surface area contributed by atoms with E-state index in [2.05, 4.69) is 36.3 Å². The summed E-state index contributed by atoms with van der Waals surface area (Å²) in [4.78, 5) is 64.1. The Labute approximate surface area is 343 Å².